The number of ether oxygens (including phenoxy) is 1. The van der Waals surface area contributed by atoms with Gasteiger partial charge in [0.25, 0.3) is 5.78 Å². The Balaban J connectivity index is 1.91. The van der Waals surface area contributed by atoms with E-state index in [1.54, 1.807) is 25.1 Å². The zero-order valence-electron chi connectivity index (χ0n) is 12.1. The van der Waals surface area contributed by atoms with Gasteiger partial charge in [-0.05, 0) is 31.2 Å². The molecule has 0 saturated carbocycles. The third kappa shape index (κ3) is 2.76. The first-order valence-corrected chi connectivity index (χ1v) is 6.79. The van der Waals surface area contributed by atoms with Crippen LogP contribution < -0.4 is 0 Å². The molecule has 2 aromatic heterocycles. The molecule has 0 bridgehead atoms. The lowest BCUT2D eigenvalue weighted by molar-refractivity contribution is 0.0514. The Hall–Kier alpha value is -3.22. The van der Waals surface area contributed by atoms with Crippen molar-refractivity contribution in [3.05, 3.63) is 53.1 Å². The fourth-order valence-electron chi connectivity index (χ4n) is 2.05. The van der Waals surface area contributed by atoms with Gasteiger partial charge in [0.15, 0.2) is 11.5 Å². The lowest BCUT2D eigenvalue weighted by Crippen LogP contribution is -2.04. The van der Waals surface area contributed by atoms with Gasteiger partial charge in [-0.15, -0.1) is 0 Å². The summed E-state index contributed by atoms with van der Waals surface area (Å²) in [5, 5.41) is 4.12. The molecule has 0 atom stereocenters. The van der Waals surface area contributed by atoms with E-state index in [-0.39, 0.29) is 23.8 Å². The molecule has 0 unspecified atom stereocenters. The van der Waals surface area contributed by atoms with Crippen LogP contribution in [0.4, 0.5) is 0 Å². The molecule has 23 heavy (non-hydrogen) atoms. The number of furan rings is 1. The first-order chi connectivity index (χ1) is 11.1. The number of aldehydes is 1. The van der Waals surface area contributed by atoms with E-state index in [0.717, 1.165) is 0 Å². The smallest absolute Gasteiger partial charge is 0.360 e. The van der Waals surface area contributed by atoms with Gasteiger partial charge in [0, 0.05) is 17.0 Å². The number of fused-ring (bicyclic) bond motifs is 1. The summed E-state index contributed by atoms with van der Waals surface area (Å²) < 4.78 is 15.1. The fourth-order valence-corrected chi connectivity index (χ4v) is 2.05. The molecule has 0 amide bonds. The molecule has 7 nitrogen and oxygen atoms in total. The molecule has 0 N–H and O–H groups in total. The zero-order chi connectivity index (χ0) is 16.4. The Morgan fingerprint density at radius 1 is 1.22 bits per heavy atom. The molecule has 0 radical (unpaired) electrons. The zero-order valence-corrected chi connectivity index (χ0v) is 12.1. The second-order valence-electron chi connectivity index (χ2n) is 4.65. The van der Waals surface area contributed by atoms with Crippen LogP contribution in [-0.4, -0.2) is 29.8 Å². The number of ketones is 1. The highest BCUT2D eigenvalue weighted by atomic mass is 16.5. The van der Waals surface area contributed by atoms with Gasteiger partial charge in [0.05, 0.1) is 6.61 Å². The quantitative estimate of drug-likeness (QED) is 0.405. The van der Waals surface area contributed by atoms with E-state index in [0.29, 0.717) is 22.8 Å². The summed E-state index contributed by atoms with van der Waals surface area (Å²) in [5.41, 5.74) is 0.847. The van der Waals surface area contributed by atoms with Gasteiger partial charge < -0.3 is 13.7 Å². The average Bonchev–Trinajstić information content (AvgIpc) is 3.20. The monoisotopic (exact) mass is 313 g/mol. The maximum absolute atomic E-state index is 12.3. The van der Waals surface area contributed by atoms with Gasteiger partial charge in [0.2, 0.25) is 5.76 Å². The molecule has 2 heterocycles. The van der Waals surface area contributed by atoms with Crippen LogP contribution in [0.15, 0.2) is 39.3 Å². The van der Waals surface area contributed by atoms with Gasteiger partial charge >= 0.3 is 5.97 Å². The Bertz CT molecular complexity index is 904. The van der Waals surface area contributed by atoms with Crippen molar-refractivity contribution in [2.75, 3.05) is 6.61 Å². The third-order valence-corrected chi connectivity index (χ3v) is 3.12. The minimum absolute atomic E-state index is 0.0228. The molecule has 3 rings (SSSR count). The van der Waals surface area contributed by atoms with Crippen molar-refractivity contribution >= 4 is 29.0 Å². The van der Waals surface area contributed by atoms with Gasteiger partial charge in [-0.3, -0.25) is 9.59 Å². The van der Waals surface area contributed by atoms with Crippen LogP contribution in [0.3, 0.4) is 0 Å². The number of hydrogen-bond donors (Lipinski definition) is 0. The largest absolute Gasteiger partial charge is 0.461 e. The van der Waals surface area contributed by atoms with Crippen molar-refractivity contribution < 1.29 is 28.1 Å². The normalized spacial score (nSPS) is 10.7. The fraction of sp³-hybridized carbons (Fsp3) is 0.125. The van der Waals surface area contributed by atoms with Crippen molar-refractivity contribution in [1.29, 1.82) is 0 Å². The molecule has 116 valence electrons. The number of esters is 1. The summed E-state index contributed by atoms with van der Waals surface area (Å²) in [7, 11) is 0. The van der Waals surface area contributed by atoms with Gasteiger partial charge in [-0.1, -0.05) is 5.16 Å². The first-order valence-electron chi connectivity index (χ1n) is 6.79. The predicted octanol–water partition coefficient (Wildman–Crippen LogP) is 2.64. The van der Waals surface area contributed by atoms with Crippen LogP contribution in [0.25, 0.3) is 11.0 Å². The van der Waals surface area contributed by atoms with Gasteiger partial charge in [0.1, 0.15) is 11.9 Å². The van der Waals surface area contributed by atoms with E-state index in [1.807, 2.05) is 0 Å². The van der Waals surface area contributed by atoms with Crippen LogP contribution in [0.2, 0.25) is 0 Å². The van der Waals surface area contributed by atoms with Crippen LogP contribution in [0.5, 0.6) is 0 Å². The molecule has 0 aliphatic heterocycles. The average molecular weight is 313 g/mol. The molecule has 0 aliphatic carbocycles. The number of rotatable bonds is 5. The lowest BCUT2D eigenvalue weighted by Gasteiger charge is -1.94. The first kappa shape index (κ1) is 14.7. The summed E-state index contributed by atoms with van der Waals surface area (Å²) in [5.74, 6) is -1.34. The molecule has 7 heteroatoms. The molecular weight excluding hydrogens is 302 g/mol. The number of hydrogen-bond acceptors (Lipinski definition) is 7. The van der Waals surface area contributed by atoms with E-state index in [2.05, 4.69) is 5.16 Å². The van der Waals surface area contributed by atoms with Crippen LogP contribution in [-0.2, 0) is 4.74 Å². The van der Waals surface area contributed by atoms with Gasteiger partial charge in [-0.25, -0.2) is 4.79 Å². The second kappa shape index (κ2) is 5.88. The van der Waals surface area contributed by atoms with Crippen molar-refractivity contribution in [2.45, 2.75) is 6.92 Å². The van der Waals surface area contributed by atoms with Crippen LogP contribution in [0, 0.1) is 0 Å². The third-order valence-electron chi connectivity index (χ3n) is 3.12. The molecule has 3 aromatic rings. The lowest BCUT2D eigenvalue weighted by atomic mass is 10.1. The van der Waals surface area contributed by atoms with E-state index in [1.165, 1.54) is 12.1 Å². The van der Waals surface area contributed by atoms with E-state index >= 15 is 0 Å². The van der Waals surface area contributed by atoms with E-state index < -0.39 is 11.8 Å². The van der Waals surface area contributed by atoms with Crippen molar-refractivity contribution in [2.24, 2.45) is 0 Å². The second-order valence-corrected chi connectivity index (χ2v) is 4.65. The number of benzene rings is 1. The van der Waals surface area contributed by atoms with E-state index in [4.69, 9.17) is 13.7 Å². The number of carbonyl (C=O) groups excluding carboxylic acids is 3. The topological polar surface area (TPSA) is 99.6 Å². The maximum atomic E-state index is 12.3. The SMILES string of the molecule is CCOC(=O)c1cc(C(=O)c2cc3cc(C=O)ccc3o2)on1. The van der Waals surface area contributed by atoms with Crippen molar-refractivity contribution in [1.82, 2.24) is 5.16 Å². The highest BCUT2D eigenvalue weighted by Gasteiger charge is 2.22. The Morgan fingerprint density at radius 3 is 2.78 bits per heavy atom. The highest BCUT2D eigenvalue weighted by Crippen LogP contribution is 2.22. The minimum Gasteiger partial charge on any atom is -0.461 e. The highest BCUT2D eigenvalue weighted by molar-refractivity contribution is 6.08. The summed E-state index contributed by atoms with van der Waals surface area (Å²) in [6.07, 6.45) is 0.704. The molecule has 0 aliphatic rings. The maximum Gasteiger partial charge on any atom is 0.360 e. The summed E-state index contributed by atoms with van der Waals surface area (Å²) >= 11 is 0. The number of nitrogens with zero attached hydrogens (tertiary/aromatic N) is 1. The summed E-state index contributed by atoms with van der Waals surface area (Å²) in [6, 6.07) is 7.48. The minimum atomic E-state index is -0.671. The van der Waals surface area contributed by atoms with Crippen LogP contribution in [0.1, 0.15) is 44.1 Å². The number of carbonyl (C=O) groups is 3. The molecule has 0 spiro atoms. The van der Waals surface area contributed by atoms with Crippen molar-refractivity contribution in [3.63, 3.8) is 0 Å². The number of aromatic nitrogens is 1. The van der Waals surface area contributed by atoms with Crippen molar-refractivity contribution in [3.8, 4) is 0 Å². The molecule has 1 aromatic carbocycles. The standard InChI is InChI=1S/C16H11NO6/c1-2-21-16(20)11-7-14(23-17-11)15(19)13-6-10-5-9(8-18)3-4-12(10)22-13/h3-8H,2H2,1H3. The van der Waals surface area contributed by atoms with Crippen LogP contribution >= 0.6 is 0 Å². The molecule has 0 saturated heterocycles. The van der Waals surface area contributed by atoms with Gasteiger partial charge in [-0.2, -0.15) is 0 Å². The predicted molar refractivity (Wildman–Crippen MR) is 77.5 cm³/mol. The Kier molecular flexibility index (Phi) is 3.76. The summed E-state index contributed by atoms with van der Waals surface area (Å²) in [4.78, 5) is 34.6. The Labute approximate surface area is 129 Å². The Morgan fingerprint density at radius 2 is 2.04 bits per heavy atom. The summed E-state index contributed by atoms with van der Waals surface area (Å²) in [6.45, 7) is 1.85. The molecule has 0 fully saturated rings. The van der Waals surface area contributed by atoms with E-state index in [9.17, 15) is 14.4 Å². The molecular formula is C16H11NO6.